The van der Waals surface area contributed by atoms with E-state index < -0.39 is 0 Å². The Labute approximate surface area is 112 Å². The van der Waals surface area contributed by atoms with Crippen molar-refractivity contribution in [2.75, 3.05) is 5.73 Å². The SMILES string of the molecule is NNC(c1cc(Cl)cnc1N)C1CC2CCC1C2. The highest BCUT2D eigenvalue weighted by Crippen LogP contribution is 2.52. The van der Waals surface area contributed by atoms with Gasteiger partial charge in [0.2, 0.25) is 0 Å². The number of hydrogen-bond acceptors (Lipinski definition) is 4. The van der Waals surface area contributed by atoms with E-state index in [9.17, 15) is 0 Å². The molecule has 5 heteroatoms. The summed E-state index contributed by atoms with van der Waals surface area (Å²) in [4.78, 5) is 4.13. The Bertz CT molecular complexity index is 451. The first kappa shape index (κ1) is 12.2. The normalized spacial score (nSPS) is 31.8. The van der Waals surface area contributed by atoms with Crippen molar-refractivity contribution in [1.29, 1.82) is 0 Å². The third-order valence-electron chi connectivity index (χ3n) is 4.65. The lowest BCUT2D eigenvalue weighted by Crippen LogP contribution is -2.36. The van der Waals surface area contributed by atoms with Crippen LogP contribution in [-0.2, 0) is 0 Å². The fourth-order valence-electron chi connectivity index (χ4n) is 3.86. The number of rotatable bonds is 3. The van der Waals surface area contributed by atoms with Crippen LogP contribution in [0, 0.1) is 17.8 Å². The Kier molecular flexibility index (Phi) is 3.18. The summed E-state index contributed by atoms with van der Waals surface area (Å²) in [7, 11) is 0. The van der Waals surface area contributed by atoms with Crippen LogP contribution >= 0.6 is 11.6 Å². The lowest BCUT2D eigenvalue weighted by Gasteiger charge is -2.30. The van der Waals surface area contributed by atoms with Gasteiger partial charge < -0.3 is 5.73 Å². The van der Waals surface area contributed by atoms with E-state index in [2.05, 4.69) is 10.4 Å². The van der Waals surface area contributed by atoms with Gasteiger partial charge >= 0.3 is 0 Å². The average Bonchev–Trinajstić information content (AvgIpc) is 2.97. The van der Waals surface area contributed by atoms with E-state index in [1.165, 1.54) is 25.7 Å². The highest BCUT2D eigenvalue weighted by Gasteiger charge is 2.43. The third kappa shape index (κ3) is 1.98. The summed E-state index contributed by atoms with van der Waals surface area (Å²) >= 11 is 6.02. The predicted octanol–water partition coefficient (Wildman–Crippen LogP) is 2.26. The van der Waals surface area contributed by atoms with Gasteiger partial charge in [-0.15, -0.1) is 0 Å². The zero-order valence-electron chi connectivity index (χ0n) is 10.3. The molecule has 0 aliphatic heterocycles. The van der Waals surface area contributed by atoms with E-state index in [0.717, 1.165) is 17.4 Å². The van der Waals surface area contributed by atoms with Crippen molar-refractivity contribution in [3.8, 4) is 0 Å². The number of pyridine rings is 1. The summed E-state index contributed by atoms with van der Waals surface area (Å²) in [5.41, 5.74) is 9.85. The highest BCUT2D eigenvalue weighted by atomic mass is 35.5. The fraction of sp³-hybridized carbons (Fsp3) is 0.615. The molecule has 1 aromatic heterocycles. The Hall–Kier alpha value is -0.840. The summed E-state index contributed by atoms with van der Waals surface area (Å²) in [5, 5.41) is 0.614. The Balaban J connectivity index is 1.90. The van der Waals surface area contributed by atoms with E-state index in [1.54, 1.807) is 6.20 Å². The number of hydrazine groups is 1. The minimum atomic E-state index is 0.0755. The molecule has 4 unspecified atom stereocenters. The molecule has 1 heterocycles. The molecule has 2 aliphatic carbocycles. The Morgan fingerprint density at radius 2 is 2.22 bits per heavy atom. The lowest BCUT2D eigenvalue weighted by atomic mass is 9.81. The maximum absolute atomic E-state index is 6.02. The quantitative estimate of drug-likeness (QED) is 0.579. The second kappa shape index (κ2) is 4.68. The van der Waals surface area contributed by atoms with Crippen molar-refractivity contribution in [3.05, 3.63) is 22.8 Å². The predicted molar refractivity (Wildman–Crippen MR) is 72.7 cm³/mol. The molecule has 2 bridgehead atoms. The summed E-state index contributed by atoms with van der Waals surface area (Å²) in [5.74, 6) is 8.51. The van der Waals surface area contributed by atoms with Crippen LogP contribution < -0.4 is 17.0 Å². The molecule has 2 fully saturated rings. The van der Waals surface area contributed by atoms with Crippen molar-refractivity contribution in [1.82, 2.24) is 10.4 Å². The molecule has 0 amide bonds. The van der Waals surface area contributed by atoms with Crippen LogP contribution in [0.25, 0.3) is 0 Å². The number of nitrogens with zero attached hydrogens (tertiary/aromatic N) is 1. The number of nitrogen functional groups attached to an aromatic ring is 1. The van der Waals surface area contributed by atoms with Gasteiger partial charge in [-0.3, -0.25) is 11.3 Å². The second-order valence-electron chi connectivity index (χ2n) is 5.61. The van der Waals surface area contributed by atoms with Crippen LogP contribution in [-0.4, -0.2) is 4.98 Å². The molecule has 18 heavy (non-hydrogen) atoms. The van der Waals surface area contributed by atoms with Gasteiger partial charge in [0.1, 0.15) is 5.82 Å². The van der Waals surface area contributed by atoms with Crippen molar-refractivity contribution in [3.63, 3.8) is 0 Å². The summed E-state index contributed by atoms with van der Waals surface area (Å²) in [6.45, 7) is 0. The monoisotopic (exact) mass is 266 g/mol. The van der Waals surface area contributed by atoms with Gasteiger partial charge in [-0.2, -0.15) is 0 Å². The van der Waals surface area contributed by atoms with Crippen LogP contribution in [0.4, 0.5) is 5.82 Å². The van der Waals surface area contributed by atoms with Crippen molar-refractivity contribution >= 4 is 17.4 Å². The van der Waals surface area contributed by atoms with Gasteiger partial charge in [0.25, 0.3) is 0 Å². The Morgan fingerprint density at radius 3 is 2.83 bits per heavy atom. The number of halogens is 1. The standard InChI is InChI=1S/C13H19ClN4/c14-9-5-11(13(15)17-6-9)12(18-16)10-4-7-1-2-8(10)3-7/h5-8,10,12,18H,1-4,16H2,(H2,15,17). The molecular weight excluding hydrogens is 248 g/mol. The van der Waals surface area contributed by atoms with Crippen molar-refractivity contribution < 1.29 is 0 Å². The van der Waals surface area contributed by atoms with Gasteiger partial charge in [-0.25, -0.2) is 4.98 Å². The molecule has 3 rings (SSSR count). The molecule has 2 saturated carbocycles. The number of fused-ring (bicyclic) bond motifs is 2. The minimum absolute atomic E-state index is 0.0755. The average molecular weight is 267 g/mol. The van der Waals surface area contributed by atoms with Crippen LogP contribution in [0.2, 0.25) is 5.02 Å². The number of hydrogen-bond donors (Lipinski definition) is 3. The first-order chi connectivity index (χ1) is 8.69. The van der Waals surface area contributed by atoms with Gasteiger partial charge in [0.15, 0.2) is 0 Å². The molecule has 98 valence electrons. The number of nitrogens with one attached hydrogen (secondary N) is 1. The molecule has 0 aromatic carbocycles. The molecule has 4 nitrogen and oxygen atoms in total. The first-order valence-electron chi connectivity index (χ1n) is 6.56. The van der Waals surface area contributed by atoms with Crippen LogP contribution in [0.3, 0.4) is 0 Å². The van der Waals surface area contributed by atoms with E-state index >= 15 is 0 Å². The molecule has 4 atom stereocenters. The minimum Gasteiger partial charge on any atom is -0.383 e. The van der Waals surface area contributed by atoms with Gasteiger partial charge in [-0.05, 0) is 43.1 Å². The number of anilines is 1. The zero-order chi connectivity index (χ0) is 12.7. The lowest BCUT2D eigenvalue weighted by molar-refractivity contribution is 0.252. The van der Waals surface area contributed by atoms with Gasteiger partial charge in [0.05, 0.1) is 11.1 Å². The molecule has 0 saturated heterocycles. The first-order valence-corrected chi connectivity index (χ1v) is 6.94. The number of nitrogens with two attached hydrogens (primary N) is 2. The van der Waals surface area contributed by atoms with Crippen molar-refractivity contribution in [2.24, 2.45) is 23.6 Å². The topological polar surface area (TPSA) is 77.0 Å². The zero-order valence-corrected chi connectivity index (χ0v) is 11.0. The molecule has 1 aromatic rings. The van der Waals surface area contributed by atoms with Crippen LogP contribution in [0.1, 0.15) is 37.3 Å². The smallest absolute Gasteiger partial charge is 0.128 e. The molecular formula is C13H19ClN4. The highest BCUT2D eigenvalue weighted by molar-refractivity contribution is 6.30. The molecule has 5 N–H and O–H groups in total. The summed E-state index contributed by atoms with van der Waals surface area (Å²) in [6.07, 6.45) is 6.86. The summed E-state index contributed by atoms with van der Waals surface area (Å²) in [6, 6.07) is 1.96. The van der Waals surface area contributed by atoms with Crippen molar-refractivity contribution in [2.45, 2.75) is 31.7 Å². The Morgan fingerprint density at radius 1 is 1.39 bits per heavy atom. The fourth-order valence-corrected chi connectivity index (χ4v) is 4.03. The van der Waals surface area contributed by atoms with E-state index in [0.29, 0.717) is 16.8 Å². The molecule has 2 aliphatic rings. The van der Waals surface area contributed by atoms with Gasteiger partial charge in [-0.1, -0.05) is 18.0 Å². The third-order valence-corrected chi connectivity index (χ3v) is 4.86. The van der Waals surface area contributed by atoms with E-state index in [-0.39, 0.29) is 6.04 Å². The van der Waals surface area contributed by atoms with Gasteiger partial charge in [0, 0.05) is 11.8 Å². The maximum Gasteiger partial charge on any atom is 0.128 e. The van der Waals surface area contributed by atoms with Crippen LogP contribution in [0.15, 0.2) is 12.3 Å². The molecule has 0 radical (unpaired) electrons. The number of aromatic nitrogens is 1. The van der Waals surface area contributed by atoms with Crippen LogP contribution in [0.5, 0.6) is 0 Å². The maximum atomic E-state index is 6.02. The van der Waals surface area contributed by atoms with E-state index in [4.69, 9.17) is 23.2 Å². The summed E-state index contributed by atoms with van der Waals surface area (Å²) < 4.78 is 0. The largest absolute Gasteiger partial charge is 0.383 e. The second-order valence-corrected chi connectivity index (χ2v) is 6.05. The molecule has 0 spiro atoms. The van der Waals surface area contributed by atoms with E-state index in [1.807, 2.05) is 6.07 Å².